The number of halogens is 1. The van der Waals surface area contributed by atoms with E-state index in [9.17, 15) is 0 Å². The average Bonchev–Trinajstić information content (AvgIpc) is 2.39. The minimum atomic E-state index is -0.0279. The highest BCUT2D eigenvalue weighted by molar-refractivity contribution is 9.10. The van der Waals surface area contributed by atoms with Crippen LogP contribution in [0.3, 0.4) is 0 Å². The Balaban J connectivity index is 2.13. The number of benzene rings is 2. The quantitative estimate of drug-likeness (QED) is 0.908. The third-order valence-corrected chi connectivity index (χ3v) is 3.49. The fourth-order valence-electron chi connectivity index (χ4n) is 1.90. The lowest BCUT2D eigenvalue weighted by Crippen LogP contribution is -2.08. The van der Waals surface area contributed by atoms with Gasteiger partial charge in [0.15, 0.2) is 0 Å². The molecule has 1 atom stereocenters. The topological polar surface area (TPSA) is 35.2 Å². The van der Waals surface area contributed by atoms with Gasteiger partial charge in [-0.2, -0.15) is 0 Å². The molecule has 0 aliphatic carbocycles. The van der Waals surface area contributed by atoms with E-state index < -0.39 is 0 Å². The molecule has 0 aliphatic rings. The second-order valence-electron chi connectivity index (χ2n) is 4.75. The summed E-state index contributed by atoms with van der Waals surface area (Å²) in [6.07, 6.45) is 0. The normalized spacial score (nSPS) is 12.2. The van der Waals surface area contributed by atoms with Crippen molar-refractivity contribution in [2.45, 2.75) is 26.5 Å². The lowest BCUT2D eigenvalue weighted by Gasteiger charge is -2.15. The molecule has 0 aromatic heterocycles. The fourth-order valence-corrected chi connectivity index (χ4v) is 2.16. The predicted molar refractivity (Wildman–Crippen MR) is 82.3 cm³/mol. The van der Waals surface area contributed by atoms with Crippen molar-refractivity contribution >= 4 is 15.9 Å². The average molecular weight is 320 g/mol. The summed E-state index contributed by atoms with van der Waals surface area (Å²) < 4.78 is 6.96. The molecule has 0 amide bonds. The maximum Gasteiger partial charge on any atom is 0.124 e. The zero-order valence-electron chi connectivity index (χ0n) is 11.2. The Morgan fingerprint density at radius 1 is 1.16 bits per heavy atom. The molecule has 0 unspecified atom stereocenters. The molecule has 0 saturated heterocycles. The van der Waals surface area contributed by atoms with Crippen LogP contribution in [0.25, 0.3) is 0 Å². The lowest BCUT2D eigenvalue weighted by molar-refractivity contribution is 0.301. The van der Waals surface area contributed by atoms with E-state index >= 15 is 0 Å². The van der Waals surface area contributed by atoms with Crippen molar-refractivity contribution in [2.24, 2.45) is 5.73 Å². The molecule has 2 nitrogen and oxygen atoms in total. The molecule has 0 bridgehead atoms. The van der Waals surface area contributed by atoms with Gasteiger partial charge < -0.3 is 10.5 Å². The number of rotatable bonds is 4. The van der Waals surface area contributed by atoms with Gasteiger partial charge in [0.05, 0.1) is 0 Å². The molecule has 100 valence electrons. The molecule has 0 heterocycles. The third-order valence-electron chi connectivity index (χ3n) is 2.96. The summed E-state index contributed by atoms with van der Waals surface area (Å²) in [5.74, 6) is 0.864. The highest BCUT2D eigenvalue weighted by Gasteiger charge is 2.08. The second-order valence-corrected chi connectivity index (χ2v) is 5.66. The first-order valence-corrected chi connectivity index (χ1v) is 7.09. The largest absolute Gasteiger partial charge is 0.489 e. The molecular formula is C16H18BrNO. The zero-order valence-corrected chi connectivity index (χ0v) is 12.8. The van der Waals surface area contributed by atoms with Crippen LogP contribution < -0.4 is 10.5 Å². The van der Waals surface area contributed by atoms with E-state index in [1.54, 1.807) is 0 Å². The van der Waals surface area contributed by atoms with Gasteiger partial charge in [-0.3, -0.25) is 0 Å². The predicted octanol–water partition coefficient (Wildman–Crippen LogP) is 4.36. The van der Waals surface area contributed by atoms with E-state index in [1.165, 1.54) is 5.56 Å². The van der Waals surface area contributed by atoms with Gasteiger partial charge in [-0.25, -0.2) is 0 Å². The highest BCUT2D eigenvalue weighted by atomic mass is 79.9. The summed E-state index contributed by atoms with van der Waals surface area (Å²) in [7, 11) is 0. The first-order valence-electron chi connectivity index (χ1n) is 6.29. The van der Waals surface area contributed by atoms with E-state index in [0.29, 0.717) is 6.61 Å². The molecule has 2 N–H and O–H groups in total. The van der Waals surface area contributed by atoms with Crippen LogP contribution in [0.1, 0.15) is 29.7 Å². The molecule has 2 aromatic rings. The SMILES string of the molecule is Cc1ccc(OCc2ccc(Br)cc2)c([C@H](C)N)c1. The molecular weight excluding hydrogens is 302 g/mol. The van der Waals surface area contributed by atoms with Gasteiger partial charge in [-0.1, -0.05) is 45.8 Å². The fraction of sp³-hybridized carbons (Fsp3) is 0.250. The number of hydrogen-bond acceptors (Lipinski definition) is 2. The summed E-state index contributed by atoms with van der Waals surface area (Å²) in [6.45, 7) is 4.59. The number of aryl methyl sites for hydroxylation is 1. The van der Waals surface area contributed by atoms with Gasteiger partial charge >= 0.3 is 0 Å². The Morgan fingerprint density at radius 3 is 2.47 bits per heavy atom. The number of hydrogen-bond donors (Lipinski definition) is 1. The van der Waals surface area contributed by atoms with Crippen LogP contribution in [-0.4, -0.2) is 0 Å². The van der Waals surface area contributed by atoms with Gasteiger partial charge in [-0.15, -0.1) is 0 Å². The summed E-state index contributed by atoms with van der Waals surface area (Å²) in [5, 5.41) is 0. The molecule has 3 heteroatoms. The van der Waals surface area contributed by atoms with Crippen LogP contribution in [0.5, 0.6) is 5.75 Å². The maximum absolute atomic E-state index is 5.99. The molecule has 2 rings (SSSR count). The first-order chi connectivity index (χ1) is 9.06. The van der Waals surface area contributed by atoms with Crippen LogP contribution in [0.4, 0.5) is 0 Å². The Kier molecular flexibility index (Phi) is 4.61. The van der Waals surface area contributed by atoms with Gasteiger partial charge in [0.25, 0.3) is 0 Å². The van der Waals surface area contributed by atoms with Crippen molar-refractivity contribution in [3.05, 3.63) is 63.6 Å². The molecule has 0 aliphatic heterocycles. The van der Waals surface area contributed by atoms with Gasteiger partial charge in [0, 0.05) is 16.1 Å². The lowest BCUT2D eigenvalue weighted by atomic mass is 10.1. The summed E-state index contributed by atoms with van der Waals surface area (Å²) in [4.78, 5) is 0. The molecule has 19 heavy (non-hydrogen) atoms. The maximum atomic E-state index is 5.99. The van der Waals surface area contributed by atoms with Crippen LogP contribution in [0.2, 0.25) is 0 Å². The van der Waals surface area contributed by atoms with Crippen LogP contribution in [-0.2, 0) is 6.61 Å². The van der Waals surface area contributed by atoms with E-state index in [1.807, 2.05) is 43.3 Å². The van der Waals surface area contributed by atoms with Crippen LogP contribution in [0.15, 0.2) is 46.9 Å². The van der Waals surface area contributed by atoms with Gasteiger partial charge in [0.1, 0.15) is 12.4 Å². The first kappa shape index (κ1) is 14.1. The minimum absolute atomic E-state index is 0.0279. The monoisotopic (exact) mass is 319 g/mol. The standard InChI is InChI=1S/C16H18BrNO/c1-11-3-8-16(15(9-11)12(2)18)19-10-13-4-6-14(17)7-5-13/h3-9,12H,10,18H2,1-2H3/t12-/m0/s1. The van der Waals surface area contributed by atoms with Gasteiger partial charge in [0.2, 0.25) is 0 Å². The van der Waals surface area contributed by atoms with Crippen molar-refractivity contribution in [3.8, 4) is 5.75 Å². The minimum Gasteiger partial charge on any atom is -0.489 e. The summed E-state index contributed by atoms with van der Waals surface area (Å²) >= 11 is 3.42. The van der Waals surface area contributed by atoms with Crippen LogP contribution in [0, 0.1) is 6.92 Å². The Bertz CT molecular complexity index is 549. The summed E-state index contributed by atoms with van der Waals surface area (Å²) in [5.41, 5.74) is 9.37. The Morgan fingerprint density at radius 2 is 1.84 bits per heavy atom. The highest BCUT2D eigenvalue weighted by Crippen LogP contribution is 2.26. The van der Waals surface area contributed by atoms with Crippen molar-refractivity contribution in [1.29, 1.82) is 0 Å². The van der Waals surface area contributed by atoms with E-state index in [-0.39, 0.29) is 6.04 Å². The van der Waals surface area contributed by atoms with Gasteiger partial charge in [-0.05, 0) is 37.6 Å². The Hall–Kier alpha value is -1.32. The Labute approximate surface area is 122 Å². The van der Waals surface area contributed by atoms with E-state index in [0.717, 1.165) is 21.3 Å². The molecule has 0 radical (unpaired) electrons. The van der Waals surface area contributed by atoms with E-state index in [2.05, 4.69) is 28.9 Å². The number of ether oxygens (including phenoxy) is 1. The molecule has 0 fully saturated rings. The zero-order chi connectivity index (χ0) is 13.8. The smallest absolute Gasteiger partial charge is 0.124 e. The van der Waals surface area contributed by atoms with Crippen molar-refractivity contribution in [2.75, 3.05) is 0 Å². The third kappa shape index (κ3) is 3.82. The van der Waals surface area contributed by atoms with Crippen molar-refractivity contribution in [1.82, 2.24) is 0 Å². The number of nitrogens with two attached hydrogens (primary N) is 1. The molecule has 2 aromatic carbocycles. The summed E-state index contributed by atoms with van der Waals surface area (Å²) in [6, 6.07) is 14.2. The molecule has 0 saturated carbocycles. The van der Waals surface area contributed by atoms with Crippen LogP contribution >= 0.6 is 15.9 Å². The van der Waals surface area contributed by atoms with Crippen molar-refractivity contribution < 1.29 is 4.74 Å². The second kappa shape index (κ2) is 6.22. The van der Waals surface area contributed by atoms with E-state index in [4.69, 9.17) is 10.5 Å². The van der Waals surface area contributed by atoms with Crippen molar-refractivity contribution in [3.63, 3.8) is 0 Å². The molecule has 0 spiro atoms.